The predicted molar refractivity (Wildman–Crippen MR) is 138 cm³/mol. The fraction of sp³-hybridized carbons (Fsp3) is 0.556. The number of hydrogen-bond acceptors (Lipinski definition) is 2. The SMILES string of the molecule is C.C.CC.CC.CCCC.CN(c1ccccc1)c1ccc(OC(C)(C)C)cc1. The molecular formula is C27H51NO. The molecule has 0 fully saturated rings. The predicted octanol–water partition coefficient (Wildman–Crippen LogP) is 9.76. The van der Waals surface area contributed by atoms with Crippen LogP contribution in [-0.2, 0) is 0 Å². The van der Waals surface area contributed by atoms with Crippen molar-refractivity contribution in [2.24, 2.45) is 0 Å². The molecule has 0 saturated carbocycles. The minimum Gasteiger partial charge on any atom is -0.488 e. The van der Waals surface area contributed by atoms with Crippen molar-refractivity contribution in [3.63, 3.8) is 0 Å². The van der Waals surface area contributed by atoms with Gasteiger partial charge in [0.05, 0.1) is 0 Å². The lowest BCUT2D eigenvalue weighted by molar-refractivity contribution is 0.131. The van der Waals surface area contributed by atoms with Gasteiger partial charge in [-0.3, -0.25) is 0 Å². The maximum absolute atomic E-state index is 5.82. The second kappa shape index (κ2) is 20.8. The molecule has 0 aliphatic heterocycles. The van der Waals surface area contributed by atoms with E-state index in [0.717, 1.165) is 11.4 Å². The average molecular weight is 406 g/mol. The van der Waals surface area contributed by atoms with Gasteiger partial charge < -0.3 is 9.64 Å². The Hall–Kier alpha value is -1.96. The van der Waals surface area contributed by atoms with Crippen molar-refractivity contribution in [2.75, 3.05) is 11.9 Å². The van der Waals surface area contributed by atoms with Gasteiger partial charge in [-0.05, 0) is 57.2 Å². The van der Waals surface area contributed by atoms with E-state index >= 15 is 0 Å². The number of anilines is 2. The van der Waals surface area contributed by atoms with Crippen molar-refractivity contribution in [2.45, 2.75) is 95.6 Å². The van der Waals surface area contributed by atoms with Crippen molar-refractivity contribution >= 4 is 11.4 Å². The topological polar surface area (TPSA) is 12.5 Å². The Labute approximate surface area is 184 Å². The highest BCUT2D eigenvalue weighted by Crippen LogP contribution is 2.26. The zero-order chi connectivity index (χ0) is 21.3. The lowest BCUT2D eigenvalue weighted by Gasteiger charge is -2.23. The molecule has 0 spiro atoms. The van der Waals surface area contributed by atoms with Crippen molar-refractivity contribution < 1.29 is 4.74 Å². The second-order valence-corrected chi connectivity index (χ2v) is 6.60. The van der Waals surface area contributed by atoms with Crippen LogP contribution in [0.2, 0.25) is 0 Å². The van der Waals surface area contributed by atoms with Crippen LogP contribution in [0.15, 0.2) is 54.6 Å². The van der Waals surface area contributed by atoms with Crippen LogP contribution in [0.1, 0.15) is 90.0 Å². The minimum atomic E-state index is -0.160. The number of hydrogen-bond donors (Lipinski definition) is 0. The Morgan fingerprint density at radius 1 is 0.690 bits per heavy atom. The Morgan fingerprint density at radius 2 is 1.07 bits per heavy atom. The van der Waals surface area contributed by atoms with E-state index in [2.05, 4.69) is 70.8 Å². The van der Waals surface area contributed by atoms with Gasteiger partial charge in [-0.15, -0.1) is 0 Å². The van der Waals surface area contributed by atoms with Crippen LogP contribution in [0.25, 0.3) is 0 Å². The molecule has 0 aliphatic carbocycles. The number of ether oxygens (including phenoxy) is 1. The van der Waals surface area contributed by atoms with Gasteiger partial charge in [-0.2, -0.15) is 0 Å². The van der Waals surface area contributed by atoms with Crippen molar-refractivity contribution in [3.8, 4) is 5.75 Å². The van der Waals surface area contributed by atoms with Gasteiger partial charge in [0.15, 0.2) is 0 Å². The molecule has 0 aromatic heterocycles. The van der Waals surface area contributed by atoms with Crippen LogP contribution in [0.5, 0.6) is 5.75 Å². The van der Waals surface area contributed by atoms with E-state index < -0.39 is 0 Å². The molecule has 0 saturated heterocycles. The largest absolute Gasteiger partial charge is 0.488 e. The molecule has 0 N–H and O–H groups in total. The van der Waals surface area contributed by atoms with E-state index in [9.17, 15) is 0 Å². The quantitative estimate of drug-likeness (QED) is 0.501. The zero-order valence-corrected chi connectivity index (χ0v) is 19.5. The summed E-state index contributed by atoms with van der Waals surface area (Å²) in [6.07, 6.45) is 2.64. The van der Waals surface area contributed by atoms with Gasteiger partial charge in [0.2, 0.25) is 0 Å². The molecule has 170 valence electrons. The third kappa shape index (κ3) is 16.7. The average Bonchev–Trinajstić information content (AvgIpc) is 2.71. The summed E-state index contributed by atoms with van der Waals surface area (Å²) in [6.45, 7) is 18.5. The molecule has 0 unspecified atom stereocenters. The van der Waals surface area contributed by atoms with Crippen LogP contribution in [0, 0.1) is 0 Å². The highest BCUT2D eigenvalue weighted by Gasteiger charge is 2.11. The van der Waals surface area contributed by atoms with Crippen molar-refractivity contribution in [1.82, 2.24) is 0 Å². The summed E-state index contributed by atoms with van der Waals surface area (Å²) in [6, 6.07) is 18.5. The number of benzene rings is 2. The first-order valence-corrected chi connectivity index (χ1v) is 10.4. The summed E-state index contributed by atoms with van der Waals surface area (Å²) in [5.74, 6) is 0.901. The van der Waals surface area contributed by atoms with Gasteiger partial charge in [0.1, 0.15) is 11.4 Å². The van der Waals surface area contributed by atoms with Gasteiger partial charge in [-0.25, -0.2) is 0 Å². The molecule has 2 aromatic carbocycles. The lowest BCUT2D eigenvalue weighted by atomic mass is 10.2. The van der Waals surface area contributed by atoms with Crippen molar-refractivity contribution in [1.29, 1.82) is 0 Å². The molecule has 29 heavy (non-hydrogen) atoms. The van der Waals surface area contributed by atoms with Gasteiger partial charge in [-0.1, -0.05) is 87.4 Å². The second-order valence-electron chi connectivity index (χ2n) is 6.60. The minimum absolute atomic E-state index is 0. The van der Waals surface area contributed by atoms with E-state index in [-0.39, 0.29) is 20.5 Å². The van der Waals surface area contributed by atoms with Crippen LogP contribution in [-0.4, -0.2) is 12.6 Å². The normalized spacial score (nSPS) is 8.76. The summed E-state index contributed by atoms with van der Waals surface area (Å²) >= 11 is 0. The molecule has 0 bridgehead atoms. The standard InChI is InChI=1S/C17H21NO.C4H10.2C2H6.2CH4/c1-17(2,3)19-16-12-10-15(11-13-16)18(4)14-8-6-5-7-9-14;1-3-4-2;2*1-2;;/h5-13H,1-4H3;3-4H2,1-2H3;2*1-2H3;2*1H4. The Morgan fingerprint density at radius 3 is 1.41 bits per heavy atom. The molecule has 0 aliphatic rings. The summed E-state index contributed by atoms with van der Waals surface area (Å²) in [5.41, 5.74) is 2.16. The van der Waals surface area contributed by atoms with Crippen LogP contribution >= 0.6 is 0 Å². The molecule has 0 radical (unpaired) electrons. The number of unbranched alkanes of at least 4 members (excludes halogenated alkanes) is 1. The molecule has 0 atom stereocenters. The highest BCUT2D eigenvalue weighted by atomic mass is 16.5. The Bertz CT molecular complexity index is 539. The summed E-state index contributed by atoms with van der Waals surface area (Å²) in [4.78, 5) is 2.15. The van der Waals surface area contributed by atoms with Crippen molar-refractivity contribution in [3.05, 3.63) is 54.6 Å². The first kappa shape index (κ1) is 34.5. The Balaban J connectivity index is -0.000000274. The van der Waals surface area contributed by atoms with E-state index in [0.29, 0.717) is 0 Å². The summed E-state index contributed by atoms with van der Waals surface area (Å²) in [7, 11) is 2.06. The first-order valence-electron chi connectivity index (χ1n) is 10.4. The van der Waals surface area contributed by atoms with E-state index in [1.165, 1.54) is 18.5 Å². The summed E-state index contributed by atoms with van der Waals surface area (Å²) < 4.78 is 5.82. The Kier molecular flexibility index (Phi) is 24.7. The molecule has 2 rings (SSSR count). The smallest absolute Gasteiger partial charge is 0.120 e. The molecule has 2 nitrogen and oxygen atoms in total. The van der Waals surface area contributed by atoms with Crippen LogP contribution < -0.4 is 9.64 Å². The maximum atomic E-state index is 5.82. The molecule has 0 amide bonds. The van der Waals surface area contributed by atoms with E-state index in [4.69, 9.17) is 4.74 Å². The van der Waals surface area contributed by atoms with Crippen LogP contribution in [0.3, 0.4) is 0 Å². The number of nitrogens with zero attached hydrogens (tertiary/aromatic N) is 1. The lowest BCUT2D eigenvalue weighted by Crippen LogP contribution is -2.22. The van der Waals surface area contributed by atoms with E-state index in [1.54, 1.807) is 0 Å². The number of rotatable bonds is 4. The fourth-order valence-electron chi connectivity index (χ4n) is 1.89. The molecular weight excluding hydrogens is 354 g/mol. The van der Waals surface area contributed by atoms with Crippen LogP contribution in [0.4, 0.5) is 11.4 Å². The van der Waals surface area contributed by atoms with Gasteiger partial charge in [0.25, 0.3) is 0 Å². The number of para-hydroxylation sites is 1. The summed E-state index contributed by atoms with van der Waals surface area (Å²) in [5, 5.41) is 0. The monoisotopic (exact) mass is 405 g/mol. The maximum Gasteiger partial charge on any atom is 0.120 e. The fourth-order valence-corrected chi connectivity index (χ4v) is 1.89. The third-order valence-electron chi connectivity index (χ3n) is 3.29. The molecule has 0 heterocycles. The molecule has 2 heteroatoms. The van der Waals surface area contributed by atoms with Gasteiger partial charge >= 0.3 is 0 Å². The zero-order valence-electron chi connectivity index (χ0n) is 19.5. The first-order chi connectivity index (χ1) is 12.9. The van der Waals surface area contributed by atoms with E-state index in [1.807, 2.05) is 58.0 Å². The highest BCUT2D eigenvalue weighted by molar-refractivity contribution is 5.62. The molecule has 2 aromatic rings. The van der Waals surface area contributed by atoms with Gasteiger partial charge in [0, 0.05) is 18.4 Å². The third-order valence-corrected chi connectivity index (χ3v) is 3.29.